The minimum Gasteiger partial charge on any atom is -0.449 e. The normalized spacial score (nSPS) is 12.1. The molecule has 1 N–H and O–H groups in total. The Hall–Kier alpha value is -2.94. The lowest BCUT2D eigenvalue weighted by molar-refractivity contribution is -0.148. The third kappa shape index (κ3) is 5.64. The van der Waals surface area contributed by atoms with E-state index in [0.717, 1.165) is 6.08 Å². The number of hydrogen-bond acceptors (Lipinski definition) is 5. The van der Waals surface area contributed by atoms with Crippen LogP contribution in [0.3, 0.4) is 0 Å². The van der Waals surface area contributed by atoms with Crippen LogP contribution >= 0.6 is 34.8 Å². The maximum Gasteiger partial charge on any atom is 0.331 e. The number of nitrogens with one attached hydrogen (secondary N) is 1. The smallest absolute Gasteiger partial charge is 0.331 e. The molecule has 2 heterocycles. The number of pyridine rings is 1. The van der Waals surface area contributed by atoms with Crippen molar-refractivity contribution in [3.05, 3.63) is 74.9 Å². The van der Waals surface area contributed by atoms with E-state index in [4.69, 9.17) is 39.5 Å². The number of hydrogen-bond donors (Lipinski definition) is 1. The molecule has 32 heavy (non-hydrogen) atoms. The Morgan fingerprint density at radius 2 is 1.91 bits per heavy atom. The van der Waals surface area contributed by atoms with Crippen LogP contribution in [0.1, 0.15) is 18.2 Å². The molecule has 1 atom stereocenters. The van der Waals surface area contributed by atoms with E-state index >= 15 is 0 Å². The summed E-state index contributed by atoms with van der Waals surface area (Å²) >= 11 is 18.1. The van der Waals surface area contributed by atoms with Crippen molar-refractivity contribution < 1.29 is 18.7 Å². The lowest BCUT2D eigenvalue weighted by Gasteiger charge is -2.12. The minimum absolute atomic E-state index is 0.0927. The average Bonchev–Trinajstić information content (AvgIpc) is 3.02. The molecule has 0 saturated heterocycles. The number of rotatable bonds is 6. The molecule has 7 nitrogen and oxygen atoms in total. The van der Waals surface area contributed by atoms with Crippen molar-refractivity contribution in [2.75, 3.05) is 5.32 Å². The molecule has 1 aromatic carbocycles. The number of ether oxygens (including phenoxy) is 1. The van der Waals surface area contributed by atoms with E-state index in [1.807, 2.05) is 0 Å². The highest BCUT2D eigenvalue weighted by Gasteiger charge is 2.19. The highest BCUT2D eigenvalue weighted by molar-refractivity contribution is 6.36. The second-order valence-electron chi connectivity index (χ2n) is 6.56. The minimum atomic E-state index is -1.13. The zero-order valence-electron chi connectivity index (χ0n) is 16.8. The van der Waals surface area contributed by atoms with Gasteiger partial charge < -0.3 is 10.1 Å². The highest BCUT2D eigenvalue weighted by Crippen LogP contribution is 2.25. The number of aromatic nitrogens is 3. The van der Waals surface area contributed by atoms with E-state index in [1.54, 1.807) is 6.92 Å². The van der Waals surface area contributed by atoms with Crippen molar-refractivity contribution in [3.63, 3.8) is 0 Å². The number of carbonyl (C=O) groups is 2. The maximum atomic E-state index is 13.1. The third-order valence-corrected chi connectivity index (χ3v) is 5.08. The van der Waals surface area contributed by atoms with E-state index < -0.39 is 18.0 Å². The van der Waals surface area contributed by atoms with Gasteiger partial charge in [-0.15, -0.1) is 0 Å². The standard InChI is InChI=1S/C21H16Cl3FN4O3/c1-11-16(19(24)29(28-11)15-5-3-14(25)4-6-15)7-8-18(30)32-12(2)21(31)27-20-17(23)9-13(22)10-26-20/h3-10,12H,1-2H3,(H,26,27,31)/b8-7+. The summed E-state index contributed by atoms with van der Waals surface area (Å²) in [6, 6.07) is 7.04. The van der Waals surface area contributed by atoms with E-state index in [9.17, 15) is 14.0 Å². The van der Waals surface area contributed by atoms with Gasteiger partial charge in [-0.2, -0.15) is 5.10 Å². The molecule has 0 saturated carbocycles. The summed E-state index contributed by atoms with van der Waals surface area (Å²) in [4.78, 5) is 28.3. The van der Waals surface area contributed by atoms with Crippen molar-refractivity contribution in [1.82, 2.24) is 14.8 Å². The first-order valence-corrected chi connectivity index (χ1v) is 10.3. The van der Waals surface area contributed by atoms with Crippen molar-refractivity contribution >= 4 is 58.6 Å². The van der Waals surface area contributed by atoms with E-state index in [1.165, 1.54) is 54.2 Å². The molecule has 1 amide bonds. The number of amides is 1. The Balaban J connectivity index is 1.66. The molecular formula is C21H16Cl3FN4O3. The summed E-state index contributed by atoms with van der Waals surface area (Å²) in [5.74, 6) is -1.69. The predicted octanol–water partition coefficient (Wildman–Crippen LogP) is 5.26. The van der Waals surface area contributed by atoms with Crippen molar-refractivity contribution in [2.24, 2.45) is 0 Å². The van der Waals surface area contributed by atoms with Gasteiger partial charge in [-0.1, -0.05) is 34.8 Å². The number of anilines is 1. The zero-order valence-corrected chi connectivity index (χ0v) is 19.0. The topological polar surface area (TPSA) is 86.1 Å². The van der Waals surface area contributed by atoms with Gasteiger partial charge in [0.2, 0.25) is 0 Å². The second-order valence-corrected chi connectivity index (χ2v) is 7.77. The Labute approximate surface area is 197 Å². The number of carbonyl (C=O) groups excluding carboxylic acids is 2. The third-order valence-electron chi connectivity index (χ3n) is 4.22. The second kappa shape index (κ2) is 10.1. The van der Waals surface area contributed by atoms with E-state index in [0.29, 0.717) is 22.0 Å². The van der Waals surface area contributed by atoms with Crippen LogP contribution in [0.25, 0.3) is 11.8 Å². The van der Waals surface area contributed by atoms with Gasteiger partial charge in [-0.3, -0.25) is 4.79 Å². The number of esters is 1. The molecule has 0 aliphatic rings. The molecule has 0 radical (unpaired) electrons. The van der Waals surface area contributed by atoms with Crippen molar-refractivity contribution in [1.29, 1.82) is 0 Å². The molecule has 3 rings (SSSR count). The molecule has 0 aliphatic heterocycles. The van der Waals surface area contributed by atoms with Crippen LogP contribution in [0.5, 0.6) is 0 Å². The van der Waals surface area contributed by atoms with Gasteiger partial charge in [0, 0.05) is 17.8 Å². The lowest BCUT2D eigenvalue weighted by Crippen LogP contribution is -2.29. The fraction of sp³-hybridized carbons (Fsp3) is 0.143. The van der Waals surface area contributed by atoms with Gasteiger partial charge in [0.15, 0.2) is 11.9 Å². The van der Waals surface area contributed by atoms with Crippen LogP contribution in [-0.4, -0.2) is 32.7 Å². The van der Waals surface area contributed by atoms with Crippen LogP contribution in [-0.2, 0) is 14.3 Å². The number of aryl methyl sites for hydroxylation is 1. The molecule has 3 aromatic rings. The van der Waals surface area contributed by atoms with Crippen LogP contribution in [0.15, 0.2) is 42.6 Å². The molecule has 0 aliphatic carbocycles. The monoisotopic (exact) mass is 496 g/mol. The summed E-state index contributed by atoms with van der Waals surface area (Å²) in [6.45, 7) is 3.10. The van der Waals surface area contributed by atoms with Crippen molar-refractivity contribution in [3.8, 4) is 5.69 Å². The van der Waals surface area contributed by atoms with Gasteiger partial charge in [0.1, 0.15) is 11.0 Å². The fourth-order valence-corrected chi connectivity index (χ4v) is 3.36. The van der Waals surface area contributed by atoms with Crippen molar-refractivity contribution in [2.45, 2.75) is 20.0 Å². The Morgan fingerprint density at radius 3 is 2.56 bits per heavy atom. The van der Waals surface area contributed by atoms with Gasteiger partial charge in [-0.25, -0.2) is 18.9 Å². The van der Waals surface area contributed by atoms with E-state index in [-0.39, 0.29) is 21.8 Å². The lowest BCUT2D eigenvalue weighted by atomic mass is 10.2. The Bertz CT molecular complexity index is 1200. The first-order valence-electron chi connectivity index (χ1n) is 9.17. The summed E-state index contributed by atoms with van der Waals surface area (Å²) in [5.41, 5.74) is 1.57. The molecular weight excluding hydrogens is 482 g/mol. The summed E-state index contributed by atoms with van der Waals surface area (Å²) in [6.07, 6.45) is 2.75. The molecule has 2 aromatic heterocycles. The number of halogens is 4. The average molecular weight is 498 g/mol. The first kappa shape index (κ1) is 23.7. The van der Waals surface area contributed by atoms with Crippen LogP contribution in [0.4, 0.5) is 10.2 Å². The molecule has 0 bridgehead atoms. The molecule has 0 fully saturated rings. The summed E-state index contributed by atoms with van der Waals surface area (Å²) < 4.78 is 19.7. The number of benzene rings is 1. The first-order chi connectivity index (χ1) is 15.2. The SMILES string of the molecule is Cc1nn(-c2ccc(F)cc2)c(Cl)c1/C=C/C(=O)OC(C)C(=O)Nc1ncc(Cl)cc1Cl. The van der Waals surface area contributed by atoms with Gasteiger partial charge in [0.25, 0.3) is 5.91 Å². The molecule has 1 unspecified atom stereocenters. The maximum absolute atomic E-state index is 13.1. The van der Waals surface area contributed by atoms with Gasteiger partial charge in [-0.05, 0) is 50.3 Å². The predicted molar refractivity (Wildman–Crippen MR) is 121 cm³/mol. The molecule has 11 heteroatoms. The van der Waals surface area contributed by atoms with Crippen LogP contribution in [0.2, 0.25) is 15.2 Å². The fourth-order valence-electron chi connectivity index (χ4n) is 2.60. The summed E-state index contributed by atoms with van der Waals surface area (Å²) in [7, 11) is 0. The Morgan fingerprint density at radius 1 is 1.22 bits per heavy atom. The zero-order chi connectivity index (χ0) is 23.4. The van der Waals surface area contributed by atoms with Crippen LogP contribution in [0, 0.1) is 12.7 Å². The Kier molecular flexibility index (Phi) is 7.50. The summed E-state index contributed by atoms with van der Waals surface area (Å²) in [5, 5.41) is 7.45. The number of nitrogens with zero attached hydrogens (tertiary/aromatic N) is 3. The quantitative estimate of drug-likeness (QED) is 0.371. The molecule has 0 spiro atoms. The van der Waals surface area contributed by atoms with Gasteiger partial charge >= 0.3 is 5.97 Å². The highest BCUT2D eigenvalue weighted by atomic mass is 35.5. The van der Waals surface area contributed by atoms with E-state index in [2.05, 4.69) is 15.4 Å². The molecule has 166 valence electrons. The largest absolute Gasteiger partial charge is 0.449 e. The van der Waals surface area contributed by atoms with Gasteiger partial charge in [0.05, 0.1) is 21.4 Å². The van der Waals surface area contributed by atoms with Crippen LogP contribution < -0.4 is 5.32 Å².